The summed E-state index contributed by atoms with van der Waals surface area (Å²) in [4.78, 5) is 13.2. The van der Waals surface area contributed by atoms with Crippen LogP contribution < -0.4 is 4.90 Å². The van der Waals surface area contributed by atoms with E-state index in [1.807, 2.05) is 35.6 Å². The quantitative estimate of drug-likeness (QED) is 0.192. The van der Waals surface area contributed by atoms with Crippen LogP contribution in [0.2, 0.25) is 0 Å². The summed E-state index contributed by atoms with van der Waals surface area (Å²) in [7, 11) is 0. The van der Waals surface area contributed by atoms with Crippen molar-refractivity contribution in [3.05, 3.63) is 152 Å². The number of hydrogen-bond acceptors (Lipinski definition) is 5. The van der Waals surface area contributed by atoms with Crippen LogP contribution in [0.1, 0.15) is 0 Å². The summed E-state index contributed by atoms with van der Waals surface area (Å²) in [6, 6.07) is 53.5. The van der Waals surface area contributed by atoms with Crippen LogP contribution in [0.3, 0.4) is 0 Å². The first-order valence-corrected chi connectivity index (χ1v) is 17.2. The van der Waals surface area contributed by atoms with Crippen LogP contribution in [0.15, 0.2) is 156 Å². The van der Waals surface area contributed by atoms with Crippen LogP contribution in [0.25, 0.3) is 86.5 Å². The predicted molar refractivity (Wildman–Crippen MR) is 204 cm³/mol. The Hall–Kier alpha value is -6.30. The van der Waals surface area contributed by atoms with Crippen molar-refractivity contribution in [2.75, 3.05) is 4.90 Å². The smallest absolute Gasteiger partial charge is 0.236 e. The van der Waals surface area contributed by atoms with Gasteiger partial charge >= 0.3 is 0 Å². The van der Waals surface area contributed by atoms with Gasteiger partial charge in [0, 0.05) is 37.4 Å². The van der Waals surface area contributed by atoms with E-state index in [0.29, 0.717) is 11.5 Å². The zero-order valence-corrected chi connectivity index (χ0v) is 26.9. The van der Waals surface area contributed by atoms with Crippen molar-refractivity contribution in [2.45, 2.75) is 0 Å². The van der Waals surface area contributed by atoms with Gasteiger partial charge in [-0.1, -0.05) is 115 Å². The second-order valence-corrected chi connectivity index (χ2v) is 13.6. The molecule has 0 bridgehead atoms. The highest BCUT2D eigenvalue weighted by molar-refractivity contribution is 7.26. The first kappa shape index (κ1) is 26.7. The Kier molecular flexibility index (Phi) is 5.51. The molecule has 228 valence electrons. The third kappa shape index (κ3) is 3.85. The lowest BCUT2D eigenvalue weighted by Crippen LogP contribution is -2.18. The van der Waals surface area contributed by atoms with Gasteiger partial charge in [0.1, 0.15) is 16.8 Å². The molecule has 10 aromatic rings. The standard InChI is InChI=1S/C44H25N3OS/c1-2-12-26(13-3-1)27-14-10-16-29(24-27)39-42-40(33-19-5-8-22-36(33)48-42)46-44(45-39)47-35-21-7-4-17-30(35)32-20-11-15-28-25-34-31-18-6-9-23-37(31)49-43(34)41(47)38(28)32/h1-25H. The lowest BCUT2D eigenvalue weighted by Gasteiger charge is -2.32. The van der Waals surface area contributed by atoms with Crippen molar-refractivity contribution in [2.24, 2.45) is 0 Å². The maximum atomic E-state index is 6.58. The molecular weight excluding hydrogens is 619 g/mol. The van der Waals surface area contributed by atoms with Gasteiger partial charge in [-0.3, -0.25) is 4.90 Å². The number of para-hydroxylation sites is 2. The molecule has 0 atom stereocenters. The van der Waals surface area contributed by atoms with Gasteiger partial charge in [-0.05, 0) is 58.5 Å². The Balaban J connectivity index is 1.27. The molecule has 0 spiro atoms. The Morgan fingerprint density at radius 3 is 2.22 bits per heavy atom. The van der Waals surface area contributed by atoms with Crippen molar-refractivity contribution < 1.29 is 4.42 Å². The first-order chi connectivity index (χ1) is 24.3. The van der Waals surface area contributed by atoms with Crippen LogP contribution in [-0.2, 0) is 0 Å². The minimum atomic E-state index is 0.618. The van der Waals surface area contributed by atoms with Gasteiger partial charge in [-0.15, -0.1) is 11.3 Å². The van der Waals surface area contributed by atoms with Gasteiger partial charge in [-0.25, -0.2) is 9.97 Å². The van der Waals surface area contributed by atoms with Gasteiger partial charge in [0.15, 0.2) is 5.58 Å². The molecule has 49 heavy (non-hydrogen) atoms. The van der Waals surface area contributed by atoms with E-state index in [2.05, 4.69) is 132 Å². The van der Waals surface area contributed by atoms with E-state index < -0.39 is 0 Å². The number of hydrogen-bond donors (Lipinski definition) is 0. The fourth-order valence-corrected chi connectivity index (χ4v) is 8.85. The first-order valence-electron chi connectivity index (χ1n) is 16.4. The van der Waals surface area contributed by atoms with E-state index in [0.717, 1.165) is 55.8 Å². The number of fused-ring (bicyclic) bond motifs is 9. The van der Waals surface area contributed by atoms with E-state index in [4.69, 9.17) is 14.4 Å². The summed E-state index contributed by atoms with van der Waals surface area (Å²) in [5.41, 5.74) is 10.9. The molecule has 0 saturated heterocycles. The normalized spacial score (nSPS) is 12.4. The van der Waals surface area contributed by atoms with Crippen LogP contribution in [-0.4, -0.2) is 9.97 Å². The molecule has 11 rings (SSSR count). The predicted octanol–water partition coefficient (Wildman–Crippen LogP) is 12.7. The molecule has 0 N–H and O–H groups in total. The maximum absolute atomic E-state index is 6.58. The molecule has 0 aliphatic carbocycles. The second kappa shape index (κ2) is 10.1. The molecular formula is C44H25N3OS. The average Bonchev–Trinajstić information content (AvgIpc) is 3.73. The number of furan rings is 1. The summed E-state index contributed by atoms with van der Waals surface area (Å²) >= 11 is 1.84. The zero-order valence-electron chi connectivity index (χ0n) is 26.1. The number of benzene rings is 7. The van der Waals surface area contributed by atoms with E-state index in [-0.39, 0.29) is 0 Å². The van der Waals surface area contributed by atoms with Crippen molar-refractivity contribution in [3.63, 3.8) is 0 Å². The van der Waals surface area contributed by atoms with E-state index >= 15 is 0 Å². The monoisotopic (exact) mass is 643 g/mol. The number of anilines is 3. The molecule has 0 unspecified atom stereocenters. The average molecular weight is 644 g/mol. The summed E-state index contributed by atoms with van der Waals surface area (Å²) in [5, 5.41) is 5.90. The van der Waals surface area contributed by atoms with Gasteiger partial charge < -0.3 is 4.42 Å². The Labute approximate surface area is 285 Å². The Bertz CT molecular complexity index is 2960. The SMILES string of the molecule is c1ccc(-c2cccc(-c3nc(N4c5ccccc5-c5cccc6cc7c(sc8ccccc87)c4c56)nc4c3oc3ccccc34)c2)cc1. The fourth-order valence-electron chi connectivity index (χ4n) is 7.62. The molecule has 0 fully saturated rings. The van der Waals surface area contributed by atoms with Gasteiger partial charge in [0.2, 0.25) is 5.95 Å². The second-order valence-electron chi connectivity index (χ2n) is 12.6. The summed E-state index contributed by atoms with van der Waals surface area (Å²) < 4.78 is 9.07. The minimum Gasteiger partial charge on any atom is -0.452 e. The lowest BCUT2D eigenvalue weighted by molar-refractivity contribution is 0.667. The number of rotatable bonds is 3. The number of aromatic nitrogens is 2. The topological polar surface area (TPSA) is 42.2 Å². The summed E-state index contributed by atoms with van der Waals surface area (Å²) in [5.74, 6) is 0.618. The zero-order chi connectivity index (χ0) is 32.1. The molecule has 0 saturated carbocycles. The maximum Gasteiger partial charge on any atom is 0.236 e. The third-order valence-electron chi connectivity index (χ3n) is 9.79. The van der Waals surface area contributed by atoms with Crippen molar-refractivity contribution in [1.29, 1.82) is 0 Å². The van der Waals surface area contributed by atoms with E-state index in [9.17, 15) is 0 Å². The van der Waals surface area contributed by atoms with Crippen molar-refractivity contribution in [1.82, 2.24) is 9.97 Å². The van der Waals surface area contributed by atoms with E-state index in [1.165, 1.54) is 36.5 Å². The van der Waals surface area contributed by atoms with Crippen molar-refractivity contribution in [3.8, 4) is 33.5 Å². The molecule has 3 aromatic heterocycles. The lowest BCUT2D eigenvalue weighted by atomic mass is 9.90. The van der Waals surface area contributed by atoms with Crippen LogP contribution in [0.4, 0.5) is 17.3 Å². The molecule has 0 amide bonds. The highest BCUT2D eigenvalue weighted by Crippen LogP contribution is 2.55. The largest absolute Gasteiger partial charge is 0.452 e. The fraction of sp³-hybridized carbons (Fsp3) is 0. The van der Waals surface area contributed by atoms with Crippen LogP contribution >= 0.6 is 11.3 Å². The van der Waals surface area contributed by atoms with Gasteiger partial charge in [0.05, 0.1) is 16.1 Å². The molecule has 5 heteroatoms. The summed E-state index contributed by atoms with van der Waals surface area (Å²) in [6.07, 6.45) is 0. The van der Waals surface area contributed by atoms with Crippen LogP contribution in [0.5, 0.6) is 0 Å². The molecule has 0 radical (unpaired) electrons. The highest BCUT2D eigenvalue weighted by Gasteiger charge is 2.32. The molecule has 7 aromatic carbocycles. The van der Waals surface area contributed by atoms with Gasteiger partial charge in [0.25, 0.3) is 0 Å². The number of nitrogens with zero attached hydrogens (tertiary/aromatic N) is 3. The van der Waals surface area contributed by atoms with Gasteiger partial charge in [-0.2, -0.15) is 0 Å². The molecule has 1 aliphatic rings. The third-order valence-corrected chi connectivity index (χ3v) is 11.0. The molecule has 1 aliphatic heterocycles. The van der Waals surface area contributed by atoms with Crippen LogP contribution in [0, 0.1) is 0 Å². The summed E-state index contributed by atoms with van der Waals surface area (Å²) in [6.45, 7) is 0. The molecule has 4 heterocycles. The Morgan fingerprint density at radius 1 is 0.551 bits per heavy atom. The minimum absolute atomic E-state index is 0.618. The Morgan fingerprint density at radius 2 is 1.29 bits per heavy atom. The molecule has 4 nitrogen and oxygen atoms in total. The van der Waals surface area contributed by atoms with Crippen molar-refractivity contribution >= 4 is 81.7 Å². The highest BCUT2D eigenvalue weighted by atomic mass is 32.1. The van der Waals surface area contributed by atoms with E-state index in [1.54, 1.807) is 0 Å². The number of thiophene rings is 1.